The molecule has 0 saturated heterocycles. The number of rotatable bonds is 2. The number of nitrogens with zero attached hydrogens (tertiary/aromatic N) is 1. The third-order valence-electron chi connectivity index (χ3n) is 2.96. The minimum atomic E-state index is -0.312. The summed E-state index contributed by atoms with van der Waals surface area (Å²) in [5, 5.41) is 2.72. The van der Waals surface area contributed by atoms with E-state index in [2.05, 4.69) is 21.0 Å². The molecule has 2 aromatic carbocycles. The van der Waals surface area contributed by atoms with E-state index in [9.17, 15) is 9.18 Å². The van der Waals surface area contributed by atoms with E-state index in [1.165, 1.54) is 18.2 Å². The normalized spacial score (nSPS) is 10.7. The van der Waals surface area contributed by atoms with E-state index in [4.69, 9.17) is 0 Å². The topological polar surface area (TPSA) is 37.8 Å². The van der Waals surface area contributed by atoms with Crippen molar-refractivity contribution in [3.05, 3.63) is 75.2 Å². The van der Waals surface area contributed by atoms with Crippen molar-refractivity contribution in [3.63, 3.8) is 0 Å². The molecule has 0 aliphatic carbocycles. The van der Waals surface area contributed by atoms with E-state index in [-0.39, 0.29) is 11.4 Å². The molecular formula is C15H10BrFN2O. The van der Waals surface area contributed by atoms with Crippen LogP contribution < -0.4 is 5.56 Å². The average Bonchev–Trinajstić information content (AvgIpc) is 2.82. The third-order valence-corrected chi connectivity index (χ3v) is 3.48. The quantitative estimate of drug-likeness (QED) is 0.762. The van der Waals surface area contributed by atoms with Crippen molar-refractivity contribution < 1.29 is 4.39 Å². The first-order valence-corrected chi connectivity index (χ1v) is 6.77. The molecule has 3 nitrogen and oxygen atoms in total. The minimum absolute atomic E-state index is 0.202. The van der Waals surface area contributed by atoms with Gasteiger partial charge in [0.25, 0.3) is 5.56 Å². The Kier molecular flexibility index (Phi) is 3.28. The highest BCUT2D eigenvalue weighted by Gasteiger charge is 2.09. The molecule has 0 aliphatic rings. The first kappa shape index (κ1) is 12.9. The van der Waals surface area contributed by atoms with Crippen LogP contribution in [0.25, 0.3) is 16.9 Å². The fourth-order valence-corrected chi connectivity index (χ4v) is 2.28. The maximum Gasteiger partial charge on any atom is 0.265 e. The van der Waals surface area contributed by atoms with E-state index in [1.807, 2.05) is 24.3 Å². The second-order valence-corrected chi connectivity index (χ2v) is 5.24. The predicted molar refractivity (Wildman–Crippen MR) is 79.5 cm³/mol. The van der Waals surface area contributed by atoms with Gasteiger partial charge in [-0.2, -0.15) is 0 Å². The Balaban J connectivity index is 2.15. The average molecular weight is 333 g/mol. The van der Waals surface area contributed by atoms with Gasteiger partial charge in [0.1, 0.15) is 5.82 Å². The van der Waals surface area contributed by atoms with Gasteiger partial charge in [0.2, 0.25) is 0 Å². The first-order chi connectivity index (χ1) is 9.63. The van der Waals surface area contributed by atoms with E-state index in [0.29, 0.717) is 5.69 Å². The van der Waals surface area contributed by atoms with Gasteiger partial charge in [-0.1, -0.05) is 28.1 Å². The molecular weight excluding hydrogens is 323 g/mol. The fraction of sp³-hybridized carbons (Fsp3) is 0. The molecule has 0 radical (unpaired) electrons. The number of nitrogens with one attached hydrogen (secondary N) is 1. The van der Waals surface area contributed by atoms with Crippen LogP contribution in [0.15, 0.2) is 63.9 Å². The van der Waals surface area contributed by atoms with Gasteiger partial charge in [-0.05, 0) is 36.4 Å². The van der Waals surface area contributed by atoms with E-state index < -0.39 is 0 Å². The largest absolute Gasteiger partial charge is 0.268 e. The van der Waals surface area contributed by atoms with Crippen LogP contribution in [0.4, 0.5) is 4.39 Å². The van der Waals surface area contributed by atoms with Gasteiger partial charge in [-0.15, -0.1) is 0 Å². The zero-order valence-electron chi connectivity index (χ0n) is 10.3. The van der Waals surface area contributed by atoms with Crippen molar-refractivity contribution in [2.75, 3.05) is 0 Å². The molecule has 3 aromatic rings. The lowest BCUT2D eigenvalue weighted by Gasteiger charge is -2.08. The Morgan fingerprint density at radius 1 is 1.00 bits per heavy atom. The molecule has 0 fully saturated rings. The van der Waals surface area contributed by atoms with Crippen molar-refractivity contribution in [2.24, 2.45) is 0 Å². The molecule has 0 atom stereocenters. The maximum absolute atomic E-state index is 13.0. The van der Waals surface area contributed by atoms with Crippen LogP contribution in [0.1, 0.15) is 0 Å². The summed E-state index contributed by atoms with van der Waals surface area (Å²) in [5.74, 6) is -0.312. The molecule has 1 heterocycles. The maximum atomic E-state index is 13.0. The number of aromatic amines is 1. The summed E-state index contributed by atoms with van der Waals surface area (Å²) < 4.78 is 15.6. The Labute approximate surface area is 122 Å². The summed E-state index contributed by atoms with van der Waals surface area (Å²) >= 11 is 3.38. The minimum Gasteiger partial charge on any atom is -0.268 e. The highest BCUT2D eigenvalue weighted by atomic mass is 79.9. The smallest absolute Gasteiger partial charge is 0.265 e. The van der Waals surface area contributed by atoms with Crippen molar-refractivity contribution in [3.8, 4) is 16.9 Å². The van der Waals surface area contributed by atoms with Gasteiger partial charge in [0.15, 0.2) is 0 Å². The molecule has 0 bridgehead atoms. The van der Waals surface area contributed by atoms with Gasteiger partial charge in [-0.25, -0.2) is 4.39 Å². The van der Waals surface area contributed by atoms with Crippen LogP contribution >= 0.6 is 15.9 Å². The zero-order valence-corrected chi connectivity index (χ0v) is 11.9. The number of benzene rings is 2. The lowest BCUT2D eigenvalue weighted by atomic mass is 10.1. The van der Waals surface area contributed by atoms with Crippen LogP contribution in [0, 0.1) is 5.82 Å². The Morgan fingerprint density at radius 2 is 1.65 bits per heavy atom. The molecule has 0 aliphatic heterocycles. The molecule has 0 unspecified atom stereocenters. The van der Waals surface area contributed by atoms with Crippen LogP contribution in [-0.2, 0) is 0 Å². The first-order valence-electron chi connectivity index (χ1n) is 5.97. The number of halogens is 2. The Morgan fingerprint density at radius 3 is 2.30 bits per heavy atom. The van der Waals surface area contributed by atoms with Gasteiger partial charge in [0.05, 0.1) is 11.4 Å². The fourth-order valence-electron chi connectivity index (χ4n) is 2.02. The van der Waals surface area contributed by atoms with E-state index in [1.54, 1.807) is 16.8 Å². The van der Waals surface area contributed by atoms with Gasteiger partial charge >= 0.3 is 0 Å². The standard InChI is InChI=1S/C15H10BrFN2O/c16-11-3-1-10(2-4-11)14-9-15(20)18-19(14)13-7-5-12(17)6-8-13/h1-9H,(H,18,20). The van der Waals surface area contributed by atoms with E-state index in [0.717, 1.165) is 15.7 Å². The molecule has 20 heavy (non-hydrogen) atoms. The van der Waals surface area contributed by atoms with Crippen LogP contribution in [0.2, 0.25) is 0 Å². The summed E-state index contributed by atoms with van der Waals surface area (Å²) in [7, 11) is 0. The van der Waals surface area contributed by atoms with Crippen LogP contribution in [0.5, 0.6) is 0 Å². The summed E-state index contributed by atoms with van der Waals surface area (Å²) in [4.78, 5) is 11.6. The SMILES string of the molecule is O=c1cc(-c2ccc(Br)cc2)n(-c2ccc(F)cc2)[nH]1. The summed E-state index contributed by atoms with van der Waals surface area (Å²) in [5.41, 5.74) is 2.13. The molecule has 1 aromatic heterocycles. The highest BCUT2D eigenvalue weighted by Crippen LogP contribution is 2.23. The van der Waals surface area contributed by atoms with Gasteiger partial charge < -0.3 is 0 Å². The molecule has 3 rings (SSSR count). The van der Waals surface area contributed by atoms with Gasteiger partial charge in [0, 0.05) is 16.1 Å². The summed E-state index contributed by atoms with van der Waals surface area (Å²) in [6.07, 6.45) is 0. The number of aromatic nitrogens is 2. The van der Waals surface area contributed by atoms with E-state index >= 15 is 0 Å². The highest BCUT2D eigenvalue weighted by molar-refractivity contribution is 9.10. The Bertz CT molecular complexity index is 722. The lowest BCUT2D eigenvalue weighted by molar-refractivity contribution is 0.627. The summed E-state index contributed by atoms with van der Waals surface area (Å²) in [6, 6.07) is 15.1. The zero-order chi connectivity index (χ0) is 14.1. The van der Waals surface area contributed by atoms with Crippen molar-refractivity contribution in [1.29, 1.82) is 0 Å². The molecule has 0 amide bonds. The van der Waals surface area contributed by atoms with Crippen molar-refractivity contribution in [2.45, 2.75) is 0 Å². The molecule has 0 spiro atoms. The van der Waals surface area contributed by atoms with Crippen LogP contribution in [0.3, 0.4) is 0 Å². The monoisotopic (exact) mass is 332 g/mol. The second kappa shape index (κ2) is 5.09. The third kappa shape index (κ3) is 2.44. The van der Waals surface area contributed by atoms with Gasteiger partial charge in [-0.3, -0.25) is 14.6 Å². The molecule has 0 saturated carbocycles. The number of hydrogen-bond acceptors (Lipinski definition) is 1. The number of H-pyrrole nitrogens is 1. The lowest BCUT2D eigenvalue weighted by Crippen LogP contribution is -2.04. The molecule has 5 heteroatoms. The van der Waals surface area contributed by atoms with Crippen molar-refractivity contribution in [1.82, 2.24) is 9.78 Å². The molecule has 100 valence electrons. The Hall–Kier alpha value is -2.14. The summed E-state index contributed by atoms with van der Waals surface area (Å²) in [6.45, 7) is 0. The van der Waals surface area contributed by atoms with Crippen LogP contribution in [-0.4, -0.2) is 9.78 Å². The number of hydrogen-bond donors (Lipinski definition) is 1. The predicted octanol–water partition coefficient (Wildman–Crippen LogP) is 3.73. The second-order valence-electron chi connectivity index (χ2n) is 4.32. The molecule has 1 N–H and O–H groups in total. The van der Waals surface area contributed by atoms with Crippen molar-refractivity contribution >= 4 is 15.9 Å².